The lowest BCUT2D eigenvalue weighted by molar-refractivity contribution is -0.130. The second-order valence-electron chi connectivity index (χ2n) is 4.52. The van der Waals surface area contributed by atoms with Gasteiger partial charge in [0.25, 0.3) is 0 Å². The zero-order valence-corrected chi connectivity index (χ0v) is 11.4. The van der Waals surface area contributed by atoms with Crippen molar-refractivity contribution in [3.05, 3.63) is 71.5 Å². The zero-order valence-electron chi connectivity index (χ0n) is 11.4. The minimum Gasteiger partial charge on any atom is -0.366 e. The molecule has 0 aromatic heterocycles. The van der Waals surface area contributed by atoms with Crippen molar-refractivity contribution < 1.29 is 13.9 Å². The highest BCUT2D eigenvalue weighted by atomic mass is 19.1. The molecule has 104 valence electrons. The number of carbonyl (C=O) groups excluding carboxylic acids is 1. The number of ether oxygens (including phenoxy) is 1. The molecule has 0 saturated carbocycles. The van der Waals surface area contributed by atoms with E-state index in [4.69, 9.17) is 4.74 Å². The van der Waals surface area contributed by atoms with E-state index < -0.39 is 6.10 Å². The van der Waals surface area contributed by atoms with Gasteiger partial charge >= 0.3 is 0 Å². The first-order chi connectivity index (χ1) is 9.70. The first-order valence-electron chi connectivity index (χ1n) is 6.64. The van der Waals surface area contributed by atoms with Crippen LogP contribution in [0.3, 0.4) is 0 Å². The highest BCUT2D eigenvalue weighted by molar-refractivity contribution is 5.86. The minimum atomic E-state index is -0.564. The van der Waals surface area contributed by atoms with Crippen LogP contribution in [-0.2, 0) is 16.0 Å². The number of halogens is 1. The number of benzene rings is 2. The van der Waals surface area contributed by atoms with Gasteiger partial charge in [-0.15, -0.1) is 0 Å². The lowest BCUT2D eigenvalue weighted by Crippen LogP contribution is -2.18. The van der Waals surface area contributed by atoms with Gasteiger partial charge in [-0.05, 0) is 30.2 Å². The largest absolute Gasteiger partial charge is 0.366 e. The molecule has 0 aliphatic heterocycles. The summed E-state index contributed by atoms with van der Waals surface area (Å²) in [6.07, 6.45) is -0.328. The number of carbonyl (C=O) groups is 1. The number of rotatable bonds is 6. The molecule has 2 aromatic rings. The van der Waals surface area contributed by atoms with Crippen molar-refractivity contribution in [2.45, 2.75) is 19.4 Å². The number of ketones is 1. The van der Waals surface area contributed by atoms with E-state index in [2.05, 4.69) is 0 Å². The molecule has 0 bridgehead atoms. The van der Waals surface area contributed by atoms with Gasteiger partial charge in [-0.25, -0.2) is 4.39 Å². The van der Waals surface area contributed by atoms with Gasteiger partial charge in [0.1, 0.15) is 11.9 Å². The molecular formula is C17H17FO2. The van der Waals surface area contributed by atoms with Crippen molar-refractivity contribution in [1.82, 2.24) is 0 Å². The first kappa shape index (κ1) is 14.4. The molecular weight excluding hydrogens is 255 g/mol. The summed E-state index contributed by atoms with van der Waals surface area (Å²) in [4.78, 5) is 12.4. The number of hydrogen-bond donors (Lipinski definition) is 0. The van der Waals surface area contributed by atoms with Gasteiger partial charge in [0.2, 0.25) is 0 Å². The molecule has 2 rings (SSSR count). The van der Waals surface area contributed by atoms with E-state index in [-0.39, 0.29) is 18.0 Å². The Bertz CT molecular complexity index is 549. The van der Waals surface area contributed by atoms with E-state index in [1.54, 1.807) is 12.1 Å². The van der Waals surface area contributed by atoms with Gasteiger partial charge in [0.05, 0.1) is 0 Å². The maximum atomic E-state index is 12.9. The van der Waals surface area contributed by atoms with Crippen LogP contribution < -0.4 is 0 Å². The van der Waals surface area contributed by atoms with Gasteiger partial charge in [-0.3, -0.25) is 4.79 Å². The molecule has 1 atom stereocenters. The molecule has 0 spiro atoms. The van der Waals surface area contributed by atoms with E-state index >= 15 is 0 Å². The van der Waals surface area contributed by atoms with Gasteiger partial charge in [0.15, 0.2) is 5.78 Å². The van der Waals surface area contributed by atoms with E-state index in [0.717, 1.165) is 11.1 Å². The standard InChI is InChI=1S/C17H17FO2/c1-2-20-17(14-6-4-3-5-7-14)16(19)12-13-8-10-15(18)11-9-13/h3-11,17H,2,12H2,1H3. The van der Waals surface area contributed by atoms with Crippen molar-refractivity contribution in [3.63, 3.8) is 0 Å². The van der Waals surface area contributed by atoms with Crippen molar-refractivity contribution in [1.29, 1.82) is 0 Å². The van der Waals surface area contributed by atoms with Gasteiger partial charge in [-0.1, -0.05) is 42.5 Å². The molecule has 3 heteroatoms. The van der Waals surface area contributed by atoms with Crippen LogP contribution >= 0.6 is 0 Å². The van der Waals surface area contributed by atoms with E-state index in [1.165, 1.54) is 12.1 Å². The smallest absolute Gasteiger partial charge is 0.170 e. The highest BCUT2D eigenvalue weighted by Gasteiger charge is 2.20. The Morgan fingerprint density at radius 1 is 1.10 bits per heavy atom. The summed E-state index contributed by atoms with van der Waals surface area (Å²) < 4.78 is 18.4. The monoisotopic (exact) mass is 272 g/mol. The maximum Gasteiger partial charge on any atom is 0.170 e. The topological polar surface area (TPSA) is 26.3 Å². The molecule has 0 fully saturated rings. The van der Waals surface area contributed by atoms with Crippen LogP contribution in [0, 0.1) is 5.82 Å². The molecule has 2 aromatic carbocycles. The predicted molar refractivity (Wildman–Crippen MR) is 75.9 cm³/mol. The summed E-state index contributed by atoms with van der Waals surface area (Å²) in [5, 5.41) is 0. The Morgan fingerprint density at radius 2 is 1.75 bits per heavy atom. The lowest BCUT2D eigenvalue weighted by Gasteiger charge is -2.16. The normalized spacial score (nSPS) is 12.1. The minimum absolute atomic E-state index is 0.0235. The van der Waals surface area contributed by atoms with Gasteiger partial charge in [0, 0.05) is 13.0 Å². The van der Waals surface area contributed by atoms with Crippen LogP contribution in [0.15, 0.2) is 54.6 Å². The van der Waals surface area contributed by atoms with Crippen LogP contribution in [-0.4, -0.2) is 12.4 Å². The van der Waals surface area contributed by atoms with Crippen LogP contribution in [0.25, 0.3) is 0 Å². The van der Waals surface area contributed by atoms with E-state index in [9.17, 15) is 9.18 Å². The van der Waals surface area contributed by atoms with Crippen molar-refractivity contribution in [2.24, 2.45) is 0 Å². The summed E-state index contributed by atoms with van der Waals surface area (Å²) in [7, 11) is 0. The average Bonchev–Trinajstić information content (AvgIpc) is 2.48. The van der Waals surface area contributed by atoms with Crippen LogP contribution in [0.2, 0.25) is 0 Å². The molecule has 0 amide bonds. The third-order valence-corrected chi connectivity index (χ3v) is 3.02. The third kappa shape index (κ3) is 3.75. The summed E-state index contributed by atoms with van der Waals surface area (Å²) in [5.41, 5.74) is 1.64. The molecule has 0 aliphatic rings. The van der Waals surface area contributed by atoms with E-state index in [0.29, 0.717) is 6.61 Å². The highest BCUT2D eigenvalue weighted by Crippen LogP contribution is 2.20. The van der Waals surface area contributed by atoms with Crippen LogP contribution in [0.5, 0.6) is 0 Å². The predicted octanol–water partition coefficient (Wildman–Crippen LogP) is 3.72. The third-order valence-electron chi connectivity index (χ3n) is 3.02. The van der Waals surface area contributed by atoms with Crippen molar-refractivity contribution in [2.75, 3.05) is 6.61 Å². The Balaban J connectivity index is 2.13. The second-order valence-corrected chi connectivity index (χ2v) is 4.52. The SMILES string of the molecule is CCOC(C(=O)Cc1ccc(F)cc1)c1ccccc1. The fraction of sp³-hybridized carbons (Fsp3) is 0.235. The Morgan fingerprint density at radius 3 is 2.35 bits per heavy atom. The van der Waals surface area contributed by atoms with Crippen molar-refractivity contribution >= 4 is 5.78 Å². The molecule has 1 unspecified atom stereocenters. The zero-order chi connectivity index (χ0) is 14.4. The quantitative estimate of drug-likeness (QED) is 0.801. The Labute approximate surface area is 118 Å². The van der Waals surface area contributed by atoms with Crippen LogP contribution in [0.4, 0.5) is 4.39 Å². The molecule has 0 aliphatic carbocycles. The molecule has 20 heavy (non-hydrogen) atoms. The molecule has 2 nitrogen and oxygen atoms in total. The molecule has 0 saturated heterocycles. The average molecular weight is 272 g/mol. The van der Waals surface area contributed by atoms with Crippen molar-refractivity contribution in [3.8, 4) is 0 Å². The maximum absolute atomic E-state index is 12.9. The summed E-state index contributed by atoms with van der Waals surface area (Å²) in [6.45, 7) is 2.33. The number of Topliss-reactive ketones (excluding diaryl/α,β-unsaturated/α-hetero) is 1. The fourth-order valence-electron chi connectivity index (χ4n) is 2.07. The molecule has 0 radical (unpaired) electrons. The first-order valence-corrected chi connectivity index (χ1v) is 6.64. The summed E-state index contributed by atoms with van der Waals surface area (Å²) in [6, 6.07) is 15.4. The Hall–Kier alpha value is -2.00. The van der Waals surface area contributed by atoms with Gasteiger partial charge in [-0.2, -0.15) is 0 Å². The van der Waals surface area contributed by atoms with E-state index in [1.807, 2.05) is 37.3 Å². The fourth-order valence-corrected chi connectivity index (χ4v) is 2.07. The van der Waals surface area contributed by atoms with Gasteiger partial charge < -0.3 is 4.74 Å². The molecule has 0 N–H and O–H groups in total. The van der Waals surface area contributed by atoms with Crippen LogP contribution in [0.1, 0.15) is 24.2 Å². The summed E-state index contributed by atoms with van der Waals surface area (Å²) >= 11 is 0. The lowest BCUT2D eigenvalue weighted by atomic mass is 10.00. The number of hydrogen-bond acceptors (Lipinski definition) is 2. The molecule has 0 heterocycles. The second kappa shape index (κ2) is 6.96. The Kier molecular flexibility index (Phi) is 5.02. The summed E-state index contributed by atoms with van der Waals surface area (Å²) in [5.74, 6) is -0.324.